The Morgan fingerprint density at radius 2 is 1.70 bits per heavy atom. The predicted molar refractivity (Wildman–Crippen MR) is 108 cm³/mol. The second-order valence-electron chi connectivity index (χ2n) is 6.19. The van der Waals surface area contributed by atoms with Crippen LogP contribution in [0.3, 0.4) is 0 Å². The number of carbonyl (C=O) groups is 2. The summed E-state index contributed by atoms with van der Waals surface area (Å²) in [7, 11) is 0. The maximum Gasteiger partial charge on any atom is 0.405 e. The molecule has 7 heteroatoms. The Hall–Kier alpha value is -2.24. The quantitative estimate of drug-likeness (QED) is 0.568. The van der Waals surface area contributed by atoms with Crippen molar-refractivity contribution < 1.29 is 14.7 Å². The van der Waals surface area contributed by atoms with Crippen LogP contribution in [0.5, 0.6) is 0 Å². The van der Waals surface area contributed by atoms with Crippen LogP contribution in [0.4, 0.5) is 4.79 Å². The molecule has 0 saturated heterocycles. The first kappa shape index (κ1) is 21.1. The van der Waals surface area contributed by atoms with Gasteiger partial charge in [0.15, 0.2) is 0 Å². The first-order chi connectivity index (χ1) is 12.9. The molecule has 2 aromatic carbocycles. The normalized spacial score (nSPS) is 11.7. The summed E-state index contributed by atoms with van der Waals surface area (Å²) in [6.45, 7) is 2.32. The Balaban J connectivity index is 1.97. The molecule has 0 spiro atoms. The fourth-order valence-corrected chi connectivity index (χ4v) is 2.93. The minimum absolute atomic E-state index is 0.320. The lowest BCUT2D eigenvalue weighted by Gasteiger charge is -2.16. The average molecular weight is 409 g/mol. The van der Waals surface area contributed by atoms with E-state index in [1.54, 1.807) is 12.1 Å². The number of nitrogens with one attached hydrogen (secondary N) is 2. The third-order valence-electron chi connectivity index (χ3n) is 4.13. The highest BCUT2D eigenvalue weighted by Gasteiger charge is 2.19. The number of carboxylic acid groups (broad SMARTS) is 1. The van der Waals surface area contributed by atoms with E-state index in [0.717, 1.165) is 29.5 Å². The van der Waals surface area contributed by atoms with E-state index in [1.807, 2.05) is 37.3 Å². The van der Waals surface area contributed by atoms with Gasteiger partial charge in [-0.25, -0.2) is 4.79 Å². The molecule has 5 nitrogen and oxygen atoms in total. The molecule has 1 atom stereocenters. The van der Waals surface area contributed by atoms with Gasteiger partial charge in [0.05, 0.1) is 10.0 Å². The average Bonchev–Trinajstić information content (AvgIpc) is 2.65. The van der Waals surface area contributed by atoms with Gasteiger partial charge in [0.2, 0.25) is 5.91 Å². The standard InChI is InChI=1S/C20H22Cl2N2O3/c1-2-3-4-18(24-20(26)27)19(25)23-12-13-5-7-14(8-6-13)15-9-10-16(21)17(22)11-15/h5-11,18,24H,2-4,12H2,1H3,(H,23,25)(H,26,27). The molecule has 2 amide bonds. The fourth-order valence-electron chi connectivity index (χ4n) is 2.63. The van der Waals surface area contributed by atoms with E-state index in [2.05, 4.69) is 10.6 Å². The molecule has 0 aromatic heterocycles. The van der Waals surface area contributed by atoms with Gasteiger partial charge >= 0.3 is 6.09 Å². The van der Waals surface area contributed by atoms with Crippen LogP contribution in [0.15, 0.2) is 42.5 Å². The lowest BCUT2D eigenvalue weighted by Crippen LogP contribution is -2.46. The number of carbonyl (C=O) groups excluding carboxylic acids is 1. The van der Waals surface area contributed by atoms with Crippen molar-refractivity contribution in [3.63, 3.8) is 0 Å². The molecule has 1 unspecified atom stereocenters. The predicted octanol–water partition coefficient (Wildman–Crippen LogP) is 5.10. The summed E-state index contributed by atoms with van der Waals surface area (Å²) in [5.41, 5.74) is 2.85. The monoisotopic (exact) mass is 408 g/mol. The summed E-state index contributed by atoms with van der Waals surface area (Å²) in [4.78, 5) is 23.1. The molecule has 0 aliphatic heterocycles. The highest BCUT2D eigenvalue weighted by atomic mass is 35.5. The molecule has 2 rings (SSSR count). The van der Waals surface area contributed by atoms with Crippen LogP contribution >= 0.6 is 23.2 Å². The SMILES string of the molecule is CCCCC(NC(=O)O)C(=O)NCc1ccc(-c2ccc(Cl)c(Cl)c2)cc1. The maximum absolute atomic E-state index is 12.3. The van der Waals surface area contributed by atoms with Crippen molar-refractivity contribution in [2.75, 3.05) is 0 Å². The van der Waals surface area contributed by atoms with Crippen LogP contribution in [0, 0.1) is 0 Å². The van der Waals surface area contributed by atoms with Gasteiger partial charge in [0.1, 0.15) is 6.04 Å². The Labute approximate surface area is 168 Å². The number of hydrogen-bond donors (Lipinski definition) is 3. The Kier molecular flexibility index (Phi) is 7.95. The Bertz CT molecular complexity index is 794. The van der Waals surface area contributed by atoms with Crippen molar-refractivity contribution in [2.45, 2.75) is 38.8 Å². The van der Waals surface area contributed by atoms with Gasteiger partial charge in [-0.3, -0.25) is 4.79 Å². The first-order valence-electron chi connectivity index (χ1n) is 8.72. The summed E-state index contributed by atoms with van der Waals surface area (Å²) in [6.07, 6.45) is 0.945. The molecule has 0 saturated carbocycles. The number of halogens is 2. The lowest BCUT2D eigenvalue weighted by atomic mass is 10.0. The molecule has 2 aromatic rings. The summed E-state index contributed by atoms with van der Waals surface area (Å²) in [5.74, 6) is -0.320. The van der Waals surface area contributed by atoms with Crippen molar-refractivity contribution in [3.05, 3.63) is 58.1 Å². The van der Waals surface area contributed by atoms with E-state index in [9.17, 15) is 9.59 Å². The first-order valence-corrected chi connectivity index (χ1v) is 9.47. The van der Waals surface area contributed by atoms with E-state index >= 15 is 0 Å². The van der Waals surface area contributed by atoms with Crippen molar-refractivity contribution in [2.24, 2.45) is 0 Å². The second-order valence-corrected chi connectivity index (χ2v) is 7.00. The zero-order valence-corrected chi connectivity index (χ0v) is 16.5. The summed E-state index contributed by atoms with van der Waals surface area (Å²) >= 11 is 12.0. The number of rotatable bonds is 8. The summed E-state index contributed by atoms with van der Waals surface area (Å²) in [6, 6.07) is 12.4. The zero-order valence-electron chi connectivity index (χ0n) is 15.0. The van der Waals surface area contributed by atoms with Gasteiger partial charge in [-0.15, -0.1) is 0 Å². The van der Waals surface area contributed by atoms with Crippen molar-refractivity contribution in [1.29, 1.82) is 0 Å². The van der Waals surface area contributed by atoms with Crippen LogP contribution in [0.2, 0.25) is 10.0 Å². The van der Waals surface area contributed by atoms with E-state index in [0.29, 0.717) is 23.0 Å². The van der Waals surface area contributed by atoms with Gasteiger partial charge in [-0.2, -0.15) is 0 Å². The smallest absolute Gasteiger partial charge is 0.405 e. The molecule has 27 heavy (non-hydrogen) atoms. The maximum atomic E-state index is 12.3. The van der Waals surface area contributed by atoms with Crippen LogP contribution < -0.4 is 10.6 Å². The molecule has 0 heterocycles. The summed E-state index contributed by atoms with van der Waals surface area (Å²) < 4.78 is 0. The highest BCUT2D eigenvalue weighted by molar-refractivity contribution is 6.42. The van der Waals surface area contributed by atoms with E-state index in [-0.39, 0.29) is 5.91 Å². The van der Waals surface area contributed by atoms with Gasteiger partial charge in [-0.1, -0.05) is 73.3 Å². The van der Waals surface area contributed by atoms with Gasteiger partial charge in [-0.05, 0) is 35.2 Å². The van der Waals surface area contributed by atoms with Crippen molar-refractivity contribution in [3.8, 4) is 11.1 Å². The van der Waals surface area contributed by atoms with Crippen LogP contribution in [0.1, 0.15) is 31.7 Å². The molecule has 144 valence electrons. The minimum atomic E-state index is -1.20. The second kappa shape index (κ2) is 10.2. The third-order valence-corrected chi connectivity index (χ3v) is 4.87. The molecular weight excluding hydrogens is 387 g/mol. The topological polar surface area (TPSA) is 78.4 Å². The van der Waals surface area contributed by atoms with Crippen LogP contribution in [0.25, 0.3) is 11.1 Å². The van der Waals surface area contributed by atoms with Gasteiger partial charge in [0, 0.05) is 6.54 Å². The number of unbranched alkanes of at least 4 members (excludes halogenated alkanes) is 1. The molecule has 0 aliphatic rings. The van der Waals surface area contributed by atoms with E-state index in [4.69, 9.17) is 28.3 Å². The largest absolute Gasteiger partial charge is 0.465 e. The van der Waals surface area contributed by atoms with Crippen LogP contribution in [-0.4, -0.2) is 23.1 Å². The highest BCUT2D eigenvalue weighted by Crippen LogP contribution is 2.28. The number of benzene rings is 2. The lowest BCUT2D eigenvalue weighted by molar-refractivity contribution is -0.123. The van der Waals surface area contributed by atoms with Gasteiger partial charge in [0.25, 0.3) is 0 Å². The molecule has 0 fully saturated rings. The third kappa shape index (κ3) is 6.45. The fraction of sp³-hybridized carbons (Fsp3) is 0.300. The zero-order chi connectivity index (χ0) is 19.8. The van der Waals surface area contributed by atoms with E-state index in [1.165, 1.54) is 0 Å². The Morgan fingerprint density at radius 3 is 2.30 bits per heavy atom. The van der Waals surface area contributed by atoms with Crippen molar-refractivity contribution in [1.82, 2.24) is 10.6 Å². The summed E-state index contributed by atoms with van der Waals surface area (Å²) in [5, 5.41) is 14.9. The number of amides is 2. The van der Waals surface area contributed by atoms with Crippen LogP contribution in [-0.2, 0) is 11.3 Å². The minimum Gasteiger partial charge on any atom is -0.465 e. The number of hydrogen-bond acceptors (Lipinski definition) is 2. The Morgan fingerprint density at radius 1 is 1.04 bits per heavy atom. The molecule has 0 aliphatic carbocycles. The van der Waals surface area contributed by atoms with E-state index < -0.39 is 12.1 Å². The molecular formula is C20H22Cl2N2O3. The molecule has 0 radical (unpaired) electrons. The molecule has 3 N–H and O–H groups in total. The molecule has 0 bridgehead atoms. The van der Waals surface area contributed by atoms with Gasteiger partial charge < -0.3 is 15.7 Å². The van der Waals surface area contributed by atoms with Crippen molar-refractivity contribution >= 4 is 35.2 Å².